The van der Waals surface area contributed by atoms with Gasteiger partial charge in [0.15, 0.2) is 0 Å². The molecule has 0 unspecified atom stereocenters. The van der Waals surface area contributed by atoms with Gasteiger partial charge in [-0.05, 0) is 54.4 Å². The van der Waals surface area contributed by atoms with E-state index in [0.717, 1.165) is 34.6 Å². The highest BCUT2D eigenvalue weighted by atomic mass is 16.5. The number of carbonyl (C=O) groups is 1. The predicted molar refractivity (Wildman–Crippen MR) is 101 cm³/mol. The third-order valence-electron chi connectivity index (χ3n) is 4.61. The van der Waals surface area contributed by atoms with Gasteiger partial charge in [0.25, 0.3) is 5.91 Å². The van der Waals surface area contributed by atoms with Crippen molar-refractivity contribution in [3.63, 3.8) is 0 Å². The maximum Gasteiger partial charge on any atom is 0.251 e. The quantitative estimate of drug-likeness (QED) is 0.783. The number of fused-ring (bicyclic) bond motifs is 1. The highest BCUT2D eigenvalue weighted by Gasteiger charge is 2.24. The Labute approximate surface area is 152 Å². The first kappa shape index (κ1) is 16.3. The molecule has 1 aromatic heterocycles. The normalized spacial score (nSPS) is 15.2. The second kappa shape index (κ2) is 7.00. The number of rotatable bonds is 4. The van der Waals surface area contributed by atoms with Crippen LogP contribution in [0.15, 0.2) is 66.9 Å². The van der Waals surface area contributed by atoms with Crippen LogP contribution in [-0.2, 0) is 6.42 Å². The van der Waals surface area contributed by atoms with E-state index in [9.17, 15) is 4.79 Å². The zero-order chi connectivity index (χ0) is 17.9. The monoisotopic (exact) mass is 344 g/mol. The van der Waals surface area contributed by atoms with Crippen LogP contribution >= 0.6 is 0 Å². The van der Waals surface area contributed by atoms with Gasteiger partial charge in [-0.1, -0.05) is 24.3 Å². The molecule has 0 saturated heterocycles. The molecule has 0 fully saturated rings. The average molecular weight is 344 g/mol. The van der Waals surface area contributed by atoms with E-state index in [4.69, 9.17) is 4.74 Å². The molecule has 26 heavy (non-hydrogen) atoms. The standard InChI is InChI=1S/C22H20N2O2/c1-15-6-5-11-23-21(15)17-9-10-20-18(12-17)13-19(26-20)14-24-22(25)16-7-3-2-4-8-16/h2-12,19H,13-14H2,1H3,(H,24,25)/t19-/m0/s1. The highest BCUT2D eigenvalue weighted by Crippen LogP contribution is 2.33. The molecule has 1 N–H and O–H groups in total. The average Bonchev–Trinajstić information content (AvgIpc) is 3.09. The van der Waals surface area contributed by atoms with Gasteiger partial charge in [0.1, 0.15) is 11.9 Å². The number of amides is 1. The second-order valence-corrected chi connectivity index (χ2v) is 6.51. The predicted octanol–water partition coefficient (Wildman–Crippen LogP) is 3.79. The first-order chi connectivity index (χ1) is 12.7. The molecular weight excluding hydrogens is 324 g/mol. The van der Waals surface area contributed by atoms with E-state index in [1.807, 2.05) is 42.6 Å². The third-order valence-corrected chi connectivity index (χ3v) is 4.61. The van der Waals surface area contributed by atoms with Gasteiger partial charge in [-0.2, -0.15) is 0 Å². The fourth-order valence-electron chi connectivity index (χ4n) is 3.27. The second-order valence-electron chi connectivity index (χ2n) is 6.51. The molecule has 4 nitrogen and oxygen atoms in total. The van der Waals surface area contributed by atoms with E-state index >= 15 is 0 Å². The summed E-state index contributed by atoms with van der Waals surface area (Å²) >= 11 is 0. The minimum Gasteiger partial charge on any atom is -0.488 e. The lowest BCUT2D eigenvalue weighted by Crippen LogP contribution is -2.34. The van der Waals surface area contributed by atoms with Gasteiger partial charge >= 0.3 is 0 Å². The van der Waals surface area contributed by atoms with Crippen molar-refractivity contribution in [3.05, 3.63) is 83.6 Å². The molecule has 0 radical (unpaired) electrons. The Hall–Kier alpha value is -3.14. The molecule has 0 saturated carbocycles. The summed E-state index contributed by atoms with van der Waals surface area (Å²) in [4.78, 5) is 16.7. The fourth-order valence-corrected chi connectivity index (χ4v) is 3.27. The third kappa shape index (κ3) is 3.31. The van der Waals surface area contributed by atoms with Crippen LogP contribution in [0.5, 0.6) is 5.75 Å². The zero-order valence-electron chi connectivity index (χ0n) is 14.6. The van der Waals surface area contributed by atoms with Crippen LogP contribution in [-0.4, -0.2) is 23.5 Å². The SMILES string of the molecule is Cc1cccnc1-c1ccc2c(c1)C[C@@H](CNC(=O)c1ccccc1)O2. The van der Waals surface area contributed by atoms with Gasteiger partial charge in [0.05, 0.1) is 12.2 Å². The Kier molecular flexibility index (Phi) is 4.40. The summed E-state index contributed by atoms with van der Waals surface area (Å²) in [5.41, 5.74) is 5.07. The van der Waals surface area contributed by atoms with Gasteiger partial charge in [-0.3, -0.25) is 9.78 Å². The van der Waals surface area contributed by atoms with Crippen LogP contribution in [0.2, 0.25) is 0 Å². The number of benzene rings is 2. The molecule has 0 bridgehead atoms. The molecule has 0 aliphatic carbocycles. The molecule has 2 aromatic carbocycles. The minimum absolute atomic E-state index is 0.0438. The summed E-state index contributed by atoms with van der Waals surface area (Å²) in [5, 5.41) is 2.95. The van der Waals surface area contributed by atoms with Gasteiger partial charge in [-0.25, -0.2) is 0 Å². The summed E-state index contributed by atoms with van der Waals surface area (Å²) in [6, 6.07) is 19.4. The zero-order valence-corrected chi connectivity index (χ0v) is 14.6. The number of aryl methyl sites for hydroxylation is 1. The van der Waals surface area contributed by atoms with E-state index in [1.54, 1.807) is 12.1 Å². The van der Waals surface area contributed by atoms with E-state index < -0.39 is 0 Å². The summed E-state index contributed by atoms with van der Waals surface area (Å²) in [5.74, 6) is 0.816. The van der Waals surface area contributed by atoms with Gasteiger partial charge in [0, 0.05) is 23.7 Å². The van der Waals surface area contributed by atoms with Crippen molar-refractivity contribution in [1.29, 1.82) is 0 Å². The summed E-state index contributed by atoms with van der Waals surface area (Å²) < 4.78 is 5.98. The molecule has 1 aliphatic heterocycles. The fraction of sp³-hybridized carbons (Fsp3) is 0.182. The van der Waals surface area contributed by atoms with E-state index in [2.05, 4.69) is 29.4 Å². The largest absolute Gasteiger partial charge is 0.488 e. The van der Waals surface area contributed by atoms with E-state index in [1.165, 1.54) is 0 Å². The molecule has 3 aromatic rings. The number of nitrogens with one attached hydrogen (secondary N) is 1. The van der Waals surface area contributed by atoms with Gasteiger partial charge in [-0.15, -0.1) is 0 Å². The molecular formula is C22H20N2O2. The summed E-state index contributed by atoms with van der Waals surface area (Å²) in [6.45, 7) is 2.55. The van der Waals surface area contributed by atoms with Crippen LogP contribution < -0.4 is 10.1 Å². The number of carbonyl (C=O) groups excluding carboxylic acids is 1. The van der Waals surface area contributed by atoms with E-state index in [-0.39, 0.29) is 12.0 Å². The van der Waals surface area contributed by atoms with Crippen molar-refractivity contribution in [1.82, 2.24) is 10.3 Å². The lowest BCUT2D eigenvalue weighted by Gasteiger charge is -2.11. The number of hydrogen-bond donors (Lipinski definition) is 1. The number of pyridine rings is 1. The lowest BCUT2D eigenvalue weighted by atomic mass is 10.0. The molecule has 4 heteroatoms. The van der Waals surface area contributed by atoms with Crippen LogP contribution in [0.4, 0.5) is 0 Å². The Bertz CT molecular complexity index is 938. The van der Waals surface area contributed by atoms with Crippen molar-refractivity contribution in [2.75, 3.05) is 6.54 Å². The van der Waals surface area contributed by atoms with E-state index in [0.29, 0.717) is 12.1 Å². The Morgan fingerprint density at radius 3 is 2.81 bits per heavy atom. The first-order valence-electron chi connectivity index (χ1n) is 8.75. The summed E-state index contributed by atoms with van der Waals surface area (Å²) in [7, 11) is 0. The topological polar surface area (TPSA) is 51.2 Å². The molecule has 1 atom stereocenters. The van der Waals surface area contributed by atoms with Crippen molar-refractivity contribution < 1.29 is 9.53 Å². The summed E-state index contributed by atoms with van der Waals surface area (Å²) in [6.07, 6.45) is 2.55. The van der Waals surface area contributed by atoms with Crippen LogP contribution in [0.3, 0.4) is 0 Å². The molecule has 1 amide bonds. The maximum absolute atomic E-state index is 12.2. The maximum atomic E-state index is 12.2. The lowest BCUT2D eigenvalue weighted by molar-refractivity contribution is 0.0933. The first-order valence-corrected chi connectivity index (χ1v) is 8.75. The molecule has 0 spiro atoms. The molecule has 4 rings (SSSR count). The van der Waals surface area contributed by atoms with Crippen molar-refractivity contribution >= 4 is 5.91 Å². The number of hydrogen-bond acceptors (Lipinski definition) is 3. The van der Waals surface area contributed by atoms with Gasteiger partial charge < -0.3 is 10.1 Å². The van der Waals surface area contributed by atoms with Crippen LogP contribution in [0.1, 0.15) is 21.5 Å². The van der Waals surface area contributed by atoms with Crippen molar-refractivity contribution in [2.24, 2.45) is 0 Å². The Morgan fingerprint density at radius 2 is 2.00 bits per heavy atom. The van der Waals surface area contributed by atoms with Crippen molar-refractivity contribution in [2.45, 2.75) is 19.4 Å². The van der Waals surface area contributed by atoms with Gasteiger partial charge in [0.2, 0.25) is 0 Å². The molecule has 2 heterocycles. The Morgan fingerprint density at radius 1 is 1.15 bits per heavy atom. The van der Waals surface area contributed by atoms with Crippen molar-refractivity contribution in [3.8, 4) is 17.0 Å². The molecule has 1 aliphatic rings. The Balaban J connectivity index is 1.43. The molecule has 130 valence electrons. The number of aromatic nitrogens is 1. The number of nitrogens with zero attached hydrogens (tertiary/aromatic N) is 1. The van der Waals surface area contributed by atoms with Crippen LogP contribution in [0.25, 0.3) is 11.3 Å². The highest BCUT2D eigenvalue weighted by molar-refractivity contribution is 5.94. The minimum atomic E-state index is -0.0741. The smallest absolute Gasteiger partial charge is 0.251 e. The number of ether oxygens (including phenoxy) is 1. The van der Waals surface area contributed by atoms with Crippen LogP contribution in [0, 0.1) is 6.92 Å².